The van der Waals surface area contributed by atoms with Gasteiger partial charge in [-0.05, 0) is 48.4 Å². The average molecular weight is 469 g/mol. The second-order valence-corrected chi connectivity index (χ2v) is 7.12. The molecule has 0 aromatic heterocycles. The van der Waals surface area contributed by atoms with Crippen molar-refractivity contribution in [1.29, 1.82) is 10.5 Å². The van der Waals surface area contributed by atoms with Crippen LogP contribution in [-0.2, 0) is 4.79 Å². The van der Waals surface area contributed by atoms with Gasteiger partial charge >= 0.3 is 0 Å². The number of hydrogen-bond donors (Lipinski definition) is 1. The molecule has 1 amide bonds. The predicted octanol–water partition coefficient (Wildman–Crippen LogP) is 5.02. The van der Waals surface area contributed by atoms with Gasteiger partial charge in [0.2, 0.25) is 0 Å². The molecule has 0 heterocycles. The van der Waals surface area contributed by atoms with Crippen molar-refractivity contribution in [3.8, 4) is 23.6 Å². The Labute approximate surface area is 198 Å². The lowest BCUT2D eigenvalue weighted by Crippen LogP contribution is -2.14. The van der Waals surface area contributed by atoms with Gasteiger partial charge in [0.15, 0.2) is 0 Å². The summed E-state index contributed by atoms with van der Waals surface area (Å²) in [7, 11) is 0. The smallest absolute Gasteiger partial charge is 0.293 e. The first-order valence-corrected chi connectivity index (χ1v) is 9.86. The zero-order valence-corrected chi connectivity index (χ0v) is 18.1. The highest BCUT2D eigenvalue weighted by Gasteiger charge is 2.18. The summed E-state index contributed by atoms with van der Waals surface area (Å²) in [5.74, 6) is -0.381. The van der Waals surface area contributed by atoms with Crippen LogP contribution in [-0.4, -0.2) is 15.8 Å². The number of rotatable bonds is 7. The lowest BCUT2D eigenvalue weighted by molar-refractivity contribution is -0.384. The Bertz CT molecular complexity index is 1450. The molecule has 0 radical (unpaired) electrons. The molecule has 0 saturated heterocycles. The zero-order chi connectivity index (χ0) is 25.5. The van der Waals surface area contributed by atoms with Crippen LogP contribution in [0, 0.1) is 49.8 Å². The molecule has 0 fully saturated rings. The molecular weight excluding hydrogens is 454 g/mol. The van der Waals surface area contributed by atoms with Gasteiger partial charge in [0.25, 0.3) is 17.3 Å². The first-order valence-electron chi connectivity index (χ1n) is 9.86. The molecule has 0 aliphatic heterocycles. The summed E-state index contributed by atoms with van der Waals surface area (Å²) in [6.07, 6.45) is 1.30. The third-order valence-corrected chi connectivity index (χ3v) is 4.68. The van der Waals surface area contributed by atoms with E-state index in [1.807, 2.05) is 6.07 Å². The lowest BCUT2D eigenvalue weighted by atomic mass is 10.1. The second kappa shape index (κ2) is 10.4. The van der Waals surface area contributed by atoms with E-state index in [1.54, 1.807) is 31.2 Å². The summed E-state index contributed by atoms with van der Waals surface area (Å²) >= 11 is 0. The Morgan fingerprint density at radius 1 is 1.00 bits per heavy atom. The van der Waals surface area contributed by atoms with Crippen LogP contribution in [0.1, 0.15) is 16.7 Å². The van der Waals surface area contributed by atoms with E-state index in [1.165, 1.54) is 42.5 Å². The molecule has 0 aliphatic carbocycles. The average Bonchev–Trinajstić information content (AvgIpc) is 2.84. The molecule has 3 rings (SSSR count). The van der Waals surface area contributed by atoms with E-state index in [0.717, 1.165) is 6.07 Å². The fraction of sp³-hybridized carbons (Fsp3) is 0.0417. The van der Waals surface area contributed by atoms with E-state index in [9.17, 15) is 35.5 Å². The Balaban J connectivity index is 1.78. The van der Waals surface area contributed by atoms with Gasteiger partial charge in [-0.25, -0.2) is 0 Å². The molecule has 0 bridgehead atoms. The number of aryl methyl sites for hydroxylation is 1. The Morgan fingerprint density at radius 2 is 1.71 bits per heavy atom. The fourth-order valence-electron chi connectivity index (χ4n) is 2.97. The summed E-state index contributed by atoms with van der Waals surface area (Å²) in [6.45, 7) is 1.68. The van der Waals surface area contributed by atoms with Crippen molar-refractivity contribution in [3.63, 3.8) is 0 Å². The quantitative estimate of drug-likeness (QED) is 0.217. The largest absolute Gasteiger partial charge is 0.456 e. The first-order chi connectivity index (χ1) is 16.7. The molecule has 172 valence electrons. The highest BCUT2D eigenvalue weighted by Crippen LogP contribution is 2.29. The van der Waals surface area contributed by atoms with E-state index < -0.39 is 15.8 Å². The first kappa shape index (κ1) is 24.1. The van der Waals surface area contributed by atoms with Crippen LogP contribution in [0.25, 0.3) is 6.08 Å². The number of nitro groups is 2. The van der Waals surface area contributed by atoms with E-state index in [0.29, 0.717) is 16.9 Å². The number of hydrogen-bond acceptors (Lipinski definition) is 8. The Morgan fingerprint density at radius 3 is 2.31 bits per heavy atom. The number of carbonyl (C=O) groups excluding carboxylic acids is 1. The van der Waals surface area contributed by atoms with E-state index in [2.05, 4.69) is 5.32 Å². The molecule has 35 heavy (non-hydrogen) atoms. The van der Waals surface area contributed by atoms with E-state index in [4.69, 9.17) is 4.74 Å². The van der Waals surface area contributed by atoms with Gasteiger partial charge in [0.05, 0.1) is 9.85 Å². The van der Waals surface area contributed by atoms with Gasteiger partial charge in [-0.2, -0.15) is 10.5 Å². The third-order valence-electron chi connectivity index (χ3n) is 4.68. The number of anilines is 1. The number of nitrogens with one attached hydrogen (secondary N) is 1. The molecule has 3 aromatic carbocycles. The van der Waals surface area contributed by atoms with Gasteiger partial charge < -0.3 is 10.1 Å². The minimum atomic E-state index is -0.815. The van der Waals surface area contributed by atoms with Crippen molar-refractivity contribution in [2.45, 2.75) is 6.92 Å². The van der Waals surface area contributed by atoms with Crippen LogP contribution in [0.15, 0.2) is 66.2 Å². The molecule has 0 aliphatic rings. The lowest BCUT2D eigenvalue weighted by Gasteiger charge is -2.08. The summed E-state index contributed by atoms with van der Waals surface area (Å²) in [5.41, 5.74) is 0.238. The highest BCUT2D eigenvalue weighted by molar-refractivity contribution is 6.10. The number of non-ortho nitro benzene ring substituents is 1. The van der Waals surface area contributed by atoms with E-state index in [-0.39, 0.29) is 33.9 Å². The van der Waals surface area contributed by atoms with Crippen LogP contribution in [0.4, 0.5) is 17.1 Å². The van der Waals surface area contributed by atoms with Gasteiger partial charge in [0.1, 0.15) is 40.5 Å². The fourth-order valence-corrected chi connectivity index (χ4v) is 2.97. The molecular formula is C24H15N5O6. The van der Waals surface area contributed by atoms with Crippen molar-refractivity contribution < 1.29 is 19.4 Å². The SMILES string of the molecule is Cc1ccc(NC(=O)/C(C#N)=C/c2ccc(Oc3ccc([N+](=O)[O-])cc3C#N)cc2)c([N+](=O)[O-])c1. The molecule has 0 saturated carbocycles. The standard InChI is InChI=1S/C24H15N5O6/c1-15-2-8-21(22(10-15)29(33)34)27-24(30)18(14-26)11-16-3-6-20(7-4-16)35-23-9-5-19(28(31)32)12-17(23)13-25/h2-12H,1H3,(H,27,30)/b18-11+. The van der Waals surface area contributed by atoms with E-state index >= 15 is 0 Å². The number of nitrogens with zero attached hydrogens (tertiary/aromatic N) is 4. The van der Waals surface area contributed by atoms with Crippen LogP contribution >= 0.6 is 0 Å². The number of benzene rings is 3. The molecule has 1 N–H and O–H groups in total. The van der Waals surface area contributed by atoms with Crippen LogP contribution in [0.5, 0.6) is 11.5 Å². The Kier molecular flexibility index (Phi) is 7.15. The van der Waals surface area contributed by atoms with Crippen LogP contribution in [0.3, 0.4) is 0 Å². The highest BCUT2D eigenvalue weighted by atomic mass is 16.6. The zero-order valence-electron chi connectivity index (χ0n) is 18.1. The number of carbonyl (C=O) groups is 1. The topological polar surface area (TPSA) is 172 Å². The Hall–Kier alpha value is -5.55. The maximum atomic E-state index is 12.5. The van der Waals surface area contributed by atoms with Crippen molar-refractivity contribution >= 4 is 29.0 Å². The molecule has 0 spiro atoms. The maximum absolute atomic E-state index is 12.5. The molecule has 11 nitrogen and oxygen atoms in total. The van der Waals surface area contributed by atoms with Crippen molar-refractivity contribution in [3.05, 3.63) is 103 Å². The van der Waals surface area contributed by atoms with Gasteiger partial charge in [-0.1, -0.05) is 18.2 Å². The van der Waals surface area contributed by atoms with Gasteiger partial charge in [-0.3, -0.25) is 25.0 Å². The normalized spacial score (nSPS) is 10.5. The summed E-state index contributed by atoms with van der Waals surface area (Å²) in [4.78, 5) is 33.4. The number of nitro benzene ring substituents is 2. The maximum Gasteiger partial charge on any atom is 0.293 e. The molecule has 11 heteroatoms. The number of ether oxygens (including phenoxy) is 1. The van der Waals surface area contributed by atoms with Crippen LogP contribution in [0.2, 0.25) is 0 Å². The monoisotopic (exact) mass is 469 g/mol. The number of nitriles is 2. The van der Waals surface area contributed by atoms with Gasteiger partial charge in [-0.15, -0.1) is 0 Å². The van der Waals surface area contributed by atoms with Crippen molar-refractivity contribution in [2.24, 2.45) is 0 Å². The van der Waals surface area contributed by atoms with Crippen molar-refractivity contribution in [2.75, 3.05) is 5.32 Å². The second-order valence-electron chi connectivity index (χ2n) is 7.12. The minimum Gasteiger partial charge on any atom is -0.456 e. The summed E-state index contributed by atoms with van der Waals surface area (Å²) in [5, 5.41) is 43.1. The number of amides is 1. The predicted molar refractivity (Wildman–Crippen MR) is 124 cm³/mol. The molecule has 0 atom stereocenters. The minimum absolute atomic E-state index is 0.0168. The summed E-state index contributed by atoms with van der Waals surface area (Å²) in [6, 6.07) is 17.7. The van der Waals surface area contributed by atoms with Crippen LogP contribution < -0.4 is 10.1 Å². The summed E-state index contributed by atoms with van der Waals surface area (Å²) < 4.78 is 5.62. The van der Waals surface area contributed by atoms with Gasteiger partial charge in [0, 0.05) is 18.2 Å². The molecule has 3 aromatic rings. The molecule has 0 unspecified atom stereocenters. The van der Waals surface area contributed by atoms with Crippen molar-refractivity contribution in [1.82, 2.24) is 0 Å². The third kappa shape index (κ3) is 5.83.